The summed E-state index contributed by atoms with van der Waals surface area (Å²) in [4.78, 5) is 16.3. The minimum Gasteiger partial charge on any atom is -0.486 e. The molecule has 0 aromatic heterocycles. The Bertz CT molecular complexity index is 894. The van der Waals surface area contributed by atoms with Crippen molar-refractivity contribution < 1.29 is 14.3 Å². The Labute approximate surface area is 198 Å². The molecule has 162 valence electrons. The molecule has 2 aromatic carbocycles. The van der Waals surface area contributed by atoms with E-state index in [0.29, 0.717) is 36.4 Å². The maximum absolute atomic E-state index is 12.1. The first-order valence-corrected chi connectivity index (χ1v) is 9.82. The van der Waals surface area contributed by atoms with Crippen LogP contribution in [0, 0.1) is 6.92 Å². The molecule has 1 amide bonds. The zero-order valence-electron chi connectivity index (χ0n) is 16.9. The Morgan fingerprint density at radius 1 is 1.20 bits per heavy atom. The normalized spacial score (nSPS) is 15.0. The maximum atomic E-state index is 12.1. The van der Waals surface area contributed by atoms with Gasteiger partial charge in [-0.15, -0.1) is 24.0 Å². The van der Waals surface area contributed by atoms with Gasteiger partial charge in [-0.25, -0.2) is 0 Å². The number of ether oxygens (including phenoxy) is 2. The molecular formula is C21H26ClIN4O3. The number of nitrogens with one attached hydrogen (secondary N) is 3. The molecule has 1 aliphatic heterocycles. The maximum Gasteiger partial charge on any atom is 0.226 e. The van der Waals surface area contributed by atoms with Gasteiger partial charge >= 0.3 is 0 Å². The number of hydrogen-bond acceptors (Lipinski definition) is 4. The molecule has 7 nitrogen and oxygen atoms in total. The molecule has 1 heterocycles. The van der Waals surface area contributed by atoms with Crippen LogP contribution in [0.2, 0.25) is 5.02 Å². The summed E-state index contributed by atoms with van der Waals surface area (Å²) in [6.07, 6.45) is 0.150. The first-order chi connectivity index (χ1) is 14.0. The summed E-state index contributed by atoms with van der Waals surface area (Å²) >= 11 is 6.15. The Balaban J connectivity index is 0.00000320. The number of para-hydroxylation sites is 2. The first-order valence-electron chi connectivity index (χ1n) is 9.44. The van der Waals surface area contributed by atoms with Crippen LogP contribution < -0.4 is 25.4 Å². The zero-order valence-corrected chi connectivity index (χ0v) is 20.0. The lowest BCUT2D eigenvalue weighted by molar-refractivity contribution is -0.116. The van der Waals surface area contributed by atoms with Crippen molar-refractivity contribution in [2.45, 2.75) is 19.4 Å². The van der Waals surface area contributed by atoms with Crippen LogP contribution in [0.5, 0.6) is 11.5 Å². The summed E-state index contributed by atoms with van der Waals surface area (Å²) in [5, 5.41) is 9.65. The van der Waals surface area contributed by atoms with E-state index in [2.05, 4.69) is 20.9 Å². The van der Waals surface area contributed by atoms with Crippen molar-refractivity contribution in [2.75, 3.05) is 32.1 Å². The highest BCUT2D eigenvalue weighted by Crippen LogP contribution is 2.30. The predicted octanol–water partition coefficient (Wildman–Crippen LogP) is 3.60. The SMILES string of the molecule is CN=C(NCCC(=O)Nc1ccc(C)cc1Cl)NCC1COc2ccccc2O1.I. The largest absolute Gasteiger partial charge is 0.486 e. The number of hydrogen-bond donors (Lipinski definition) is 3. The minimum atomic E-state index is -0.129. The predicted molar refractivity (Wildman–Crippen MR) is 131 cm³/mol. The van der Waals surface area contributed by atoms with Gasteiger partial charge in [0.25, 0.3) is 0 Å². The molecule has 0 radical (unpaired) electrons. The van der Waals surface area contributed by atoms with Crippen molar-refractivity contribution >= 4 is 53.1 Å². The fourth-order valence-corrected chi connectivity index (χ4v) is 3.11. The summed E-state index contributed by atoms with van der Waals surface area (Å²) in [7, 11) is 1.68. The minimum absolute atomic E-state index is 0. The second-order valence-electron chi connectivity index (χ2n) is 6.66. The standard InChI is InChI=1S/C21H25ClN4O3.HI/c1-14-7-8-17(16(22)11-14)26-20(27)9-10-24-21(23-2)25-12-15-13-28-18-5-3-4-6-19(18)29-15;/h3-8,11,15H,9-10,12-13H2,1-2H3,(H,26,27)(H2,23,24,25);1H. The van der Waals surface area contributed by atoms with Crippen LogP contribution in [0.15, 0.2) is 47.5 Å². The molecule has 1 aliphatic rings. The molecule has 0 fully saturated rings. The van der Waals surface area contributed by atoms with E-state index < -0.39 is 0 Å². The molecule has 0 saturated heterocycles. The van der Waals surface area contributed by atoms with Crippen molar-refractivity contribution in [3.63, 3.8) is 0 Å². The molecule has 0 saturated carbocycles. The van der Waals surface area contributed by atoms with Crippen molar-refractivity contribution in [1.82, 2.24) is 10.6 Å². The number of nitrogens with zero attached hydrogens (tertiary/aromatic N) is 1. The zero-order chi connectivity index (χ0) is 20.6. The van der Waals surface area contributed by atoms with Gasteiger partial charge in [-0.05, 0) is 36.8 Å². The fraction of sp³-hybridized carbons (Fsp3) is 0.333. The number of rotatable bonds is 6. The number of amides is 1. The van der Waals surface area contributed by atoms with Gasteiger partial charge in [0.2, 0.25) is 5.91 Å². The summed E-state index contributed by atoms with van der Waals surface area (Å²) in [6.45, 7) is 3.36. The summed E-state index contributed by atoms with van der Waals surface area (Å²) < 4.78 is 11.6. The third-order valence-corrected chi connectivity index (χ3v) is 4.64. The molecule has 9 heteroatoms. The number of guanidine groups is 1. The van der Waals surface area contributed by atoms with Gasteiger partial charge in [0, 0.05) is 20.0 Å². The molecule has 30 heavy (non-hydrogen) atoms. The van der Waals surface area contributed by atoms with Gasteiger partial charge in [0.15, 0.2) is 17.5 Å². The van der Waals surface area contributed by atoms with Crippen LogP contribution in [-0.2, 0) is 4.79 Å². The summed E-state index contributed by atoms with van der Waals surface area (Å²) in [6, 6.07) is 13.1. The second-order valence-corrected chi connectivity index (χ2v) is 7.07. The fourth-order valence-electron chi connectivity index (χ4n) is 2.82. The van der Waals surface area contributed by atoms with E-state index in [1.165, 1.54) is 0 Å². The van der Waals surface area contributed by atoms with Crippen molar-refractivity contribution in [1.29, 1.82) is 0 Å². The van der Waals surface area contributed by atoms with Crippen molar-refractivity contribution in [2.24, 2.45) is 4.99 Å². The molecule has 1 atom stereocenters. The van der Waals surface area contributed by atoms with E-state index >= 15 is 0 Å². The summed E-state index contributed by atoms with van der Waals surface area (Å²) in [5.41, 5.74) is 1.65. The van der Waals surface area contributed by atoms with E-state index in [1.54, 1.807) is 13.1 Å². The average Bonchev–Trinajstić information content (AvgIpc) is 2.72. The molecular weight excluding hydrogens is 519 g/mol. The number of carbonyl (C=O) groups is 1. The first kappa shape index (κ1) is 24.1. The molecule has 0 spiro atoms. The van der Waals surface area contributed by atoms with E-state index in [9.17, 15) is 4.79 Å². The molecule has 0 aliphatic carbocycles. The Hall–Kier alpha value is -2.20. The topological polar surface area (TPSA) is 84.0 Å². The van der Waals surface area contributed by atoms with Gasteiger partial charge in [-0.2, -0.15) is 0 Å². The van der Waals surface area contributed by atoms with Crippen LogP contribution in [0.1, 0.15) is 12.0 Å². The lowest BCUT2D eigenvalue weighted by Gasteiger charge is -2.27. The van der Waals surface area contributed by atoms with Crippen LogP contribution >= 0.6 is 35.6 Å². The lowest BCUT2D eigenvalue weighted by Crippen LogP contribution is -2.45. The molecule has 3 N–H and O–H groups in total. The number of benzene rings is 2. The number of carbonyl (C=O) groups excluding carboxylic acids is 1. The number of halogens is 2. The number of anilines is 1. The number of aryl methyl sites for hydroxylation is 1. The number of fused-ring (bicyclic) bond motifs is 1. The van der Waals surface area contributed by atoms with Gasteiger partial charge < -0.3 is 25.4 Å². The number of aliphatic imine (C=N–C) groups is 1. The van der Waals surface area contributed by atoms with E-state index in [4.69, 9.17) is 21.1 Å². The Kier molecular flexibility index (Phi) is 9.51. The van der Waals surface area contributed by atoms with Gasteiger partial charge in [-0.1, -0.05) is 29.8 Å². The van der Waals surface area contributed by atoms with Crippen molar-refractivity contribution in [3.8, 4) is 11.5 Å². The monoisotopic (exact) mass is 544 g/mol. The average molecular weight is 545 g/mol. The van der Waals surface area contributed by atoms with E-state index in [1.807, 2.05) is 43.3 Å². The molecule has 3 rings (SSSR count). The van der Waals surface area contributed by atoms with Crippen LogP contribution in [0.25, 0.3) is 0 Å². The van der Waals surface area contributed by atoms with E-state index in [-0.39, 0.29) is 42.4 Å². The third kappa shape index (κ3) is 6.94. The van der Waals surface area contributed by atoms with E-state index in [0.717, 1.165) is 17.1 Å². The lowest BCUT2D eigenvalue weighted by atomic mass is 10.2. The van der Waals surface area contributed by atoms with Gasteiger partial charge in [0.05, 0.1) is 17.3 Å². The molecule has 0 bridgehead atoms. The second kappa shape index (κ2) is 11.8. The highest BCUT2D eigenvalue weighted by Gasteiger charge is 2.20. The van der Waals surface area contributed by atoms with Crippen molar-refractivity contribution in [3.05, 3.63) is 53.1 Å². The quantitative estimate of drug-likeness (QED) is 0.294. The van der Waals surface area contributed by atoms with Gasteiger partial charge in [-0.3, -0.25) is 9.79 Å². The Morgan fingerprint density at radius 2 is 1.97 bits per heavy atom. The smallest absolute Gasteiger partial charge is 0.226 e. The van der Waals surface area contributed by atoms with Crippen LogP contribution in [0.4, 0.5) is 5.69 Å². The molecule has 1 unspecified atom stereocenters. The summed E-state index contributed by atoms with van der Waals surface area (Å²) in [5.74, 6) is 1.96. The molecule has 2 aromatic rings. The van der Waals surface area contributed by atoms with Crippen LogP contribution in [0.3, 0.4) is 0 Å². The van der Waals surface area contributed by atoms with Gasteiger partial charge in [0.1, 0.15) is 12.7 Å². The Morgan fingerprint density at radius 3 is 2.70 bits per heavy atom. The van der Waals surface area contributed by atoms with Crippen LogP contribution in [-0.4, -0.2) is 44.7 Å². The third-order valence-electron chi connectivity index (χ3n) is 4.33. The highest BCUT2D eigenvalue weighted by molar-refractivity contribution is 14.0. The highest BCUT2D eigenvalue weighted by atomic mass is 127.